The number of aliphatic hydroxyl groups is 1. The smallest absolute Gasteiger partial charge is 0.0624 e. The summed E-state index contributed by atoms with van der Waals surface area (Å²) < 4.78 is 0. The van der Waals surface area contributed by atoms with Gasteiger partial charge in [-0.3, -0.25) is 0 Å². The van der Waals surface area contributed by atoms with Crippen LogP contribution in [0.15, 0.2) is 0 Å². The van der Waals surface area contributed by atoms with Crippen LogP contribution in [0.2, 0.25) is 0 Å². The molecule has 17 heavy (non-hydrogen) atoms. The Kier molecular flexibility index (Phi) is 7.39. The van der Waals surface area contributed by atoms with Gasteiger partial charge >= 0.3 is 0 Å². The first-order valence-electron chi connectivity index (χ1n) is 7.34. The van der Waals surface area contributed by atoms with Crippen LogP contribution in [0, 0.1) is 23.7 Å². The van der Waals surface area contributed by atoms with Gasteiger partial charge in [-0.15, -0.1) is 0 Å². The molecule has 0 amide bonds. The van der Waals surface area contributed by atoms with Crippen molar-refractivity contribution in [2.45, 2.75) is 79.8 Å². The highest BCUT2D eigenvalue weighted by Crippen LogP contribution is 2.29. The fourth-order valence-corrected chi connectivity index (χ4v) is 3.36. The van der Waals surface area contributed by atoms with E-state index in [1.807, 2.05) is 6.92 Å². The fourth-order valence-electron chi connectivity index (χ4n) is 3.36. The van der Waals surface area contributed by atoms with Crippen LogP contribution in [0.3, 0.4) is 0 Å². The van der Waals surface area contributed by atoms with Gasteiger partial charge in [-0.05, 0) is 56.3 Å². The third-order valence-corrected chi connectivity index (χ3v) is 3.32. The molecule has 2 unspecified atom stereocenters. The fraction of sp³-hybridized carbons (Fsp3) is 1.00. The molecule has 1 nitrogen and oxygen atoms in total. The molecule has 1 N–H and O–H groups in total. The molecule has 0 spiro atoms. The summed E-state index contributed by atoms with van der Waals surface area (Å²) in [5.74, 6) is 2.70. The van der Waals surface area contributed by atoms with Crippen LogP contribution in [0.1, 0.15) is 74.1 Å². The van der Waals surface area contributed by atoms with Crippen molar-refractivity contribution < 1.29 is 5.11 Å². The molecule has 0 aliphatic rings. The molecule has 0 aliphatic carbocycles. The number of hydrogen-bond donors (Lipinski definition) is 1. The summed E-state index contributed by atoms with van der Waals surface area (Å²) in [5.41, 5.74) is -0.484. The lowest BCUT2D eigenvalue weighted by molar-refractivity contribution is 0.00968. The van der Waals surface area contributed by atoms with Crippen molar-refractivity contribution >= 4 is 0 Å². The molecule has 0 saturated heterocycles. The van der Waals surface area contributed by atoms with E-state index in [0.29, 0.717) is 11.8 Å². The lowest BCUT2D eigenvalue weighted by Gasteiger charge is -2.30. The molecule has 0 aromatic rings. The van der Waals surface area contributed by atoms with E-state index in [4.69, 9.17) is 0 Å². The second-order valence-corrected chi connectivity index (χ2v) is 7.37. The van der Waals surface area contributed by atoms with Gasteiger partial charge in [-0.1, -0.05) is 41.5 Å². The summed E-state index contributed by atoms with van der Waals surface area (Å²) in [6.07, 6.45) is 4.31. The second-order valence-electron chi connectivity index (χ2n) is 7.37. The maximum absolute atomic E-state index is 10.5. The lowest BCUT2D eigenvalue weighted by atomic mass is 9.81. The highest BCUT2D eigenvalue weighted by Gasteiger charge is 2.26. The Labute approximate surface area is 109 Å². The summed E-state index contributed by atoms with van der Waals surface area (Å²) in [4.78, 5) is 0. The van der Waals surface area contributed by atoms with Crippen molar-refractivity contribution in [3.05, 3.63) is 0 Å². The Bertz CT molecular complexity index is 174. The number of hydrogen-bond acceptors (Lipinski definition) is 1. The predicted molar refractivity (Wildman–Crippen MR) is 77.1 cm³/mol. The highest BCUT2D eigenvalue weighted by atomic mass is 16.3. The van der Waals surface area contributed by atoms with E-state index in [2.05, 4.69) is 41.5 Å². The molecule has 0 heterocycles. The summed E-state index contributed by atoms with van der Waals surface area (Å²) in [6, 6.07) is 0. The Balaban J connectivity index is 4.09. The Hall–Kier alpha value is -0.0400. The first-order valence-corrected chi connectivity index (χ1v) is 7.34. The summed E-state index contributed by atoms with van der Waals surface area (Å²) >= 11 is 0. The monoisotopic (exact) mass is 242 g/mol. The van der Waals surface area contributed by atoms with Crippen LogP contribution in [0.5, 0.6) is 0 Å². The van der Waals surface area contributed by atoms with E-state index >= 15 is 0 Å². The molecule has 0 aromatic heterocycles. The average Bonchev–Trinajstić information content (AvgIpc) is 1.95. The highest BCUT2D eigenvalue weighted by molar-refractivity contribution is 4.78. The van der Waals surface area contributed by atoms with Crippen LogP contribution in [0.4, 0.5) is 0 Å². The third kappa shape index (κ3) is 9.64. The largest absolute Gasteiger partial charge is 0.390 e. The van der Waals surface area contributed by atoms with Crippen molar-refractivity contribution in [2.75, 3.05) is 0 Å². The van der Waals surface area contributed by atoms with Crippen LogP contribution in [0.25, 0.3) is 0 Å². The molecule has 0 bridgehead atoms. The van der Waals surface area contributed by atoms with Gasteiger partial charge in [-0.25, -0.2) is 0 Å². The van der Waals surface area contributed by atoms with Gasteiger partial charge in [0, 0.05) is 0 Å². The zero-order valence-electron chi connectivity index (χ0n) is 13.1. The quantitative estimate of drug-likeness (QED) is 0.643. The molecular formula is C16H34O. The van der Waals surface area contributed by atoms with Crippen molar-refractivity contribution in [3.63, 3.8) is 0 Å². The van der Waals surface area contributed by atoms with Crippen LogP contribution in [-0.2, 0) is 0 Å². The minimum atomic E-state index is -0.484. The van der Waals surface area contributed by atoms with Gasteiger partial charge in [0.2, 0.25) is 0 Å². The van der Waals surface area contributed by atoms with Crippen LogP contribution in [-0.4, -0.2) is 10.7 Å². The third-order valence-electron chi connectivity index (χ3n) is 3.32. The predicted octanol–water partition coefficient (Wildman–Crippen LogP) is 4.88. The van der Waals surface area contributed by atoms with E-state index in [-0.39, 0.29) is 0 Å². The zero-order valence-corrected chi connectivity index (χ0v) is 13.1. The maximum Gasteiger partial charge on any atom is 0.0624 e. The Morgan fingerprint density at radius 2 is 1.06 bits per heavy atom. The molecule has 0 fully saturated rings. The van der Waals surface area contributed by atoms with E-state index in [9.17, 15) is 5.11 Å². The molecule has 0 aromatic carbocycles. The van der Waals surface area contributed by atoms with Crippen molar-refractivity contribution in [2.24, 2.45) is 23.7 Å². The van der Waals surface area contributed by atoms with Gasteiger partial charge in [-0.2, -0.15) is 0 Å². The molecule has 0 radical (unpaired) electrons. The average molecular weight is 242 g/mol. The topological polar surface area (TPSA) is 20.2 Å². The van der Waals surface area contributed by atoms with Gasteiger partial charge in [0.05, 0.1) is 5.60 Å². The minimum Gasteiger partial charge on any atom is -0.390 e. The normalized spacial score (nSPS) is 19.4. The van der Waals surface area contributed by atoms with Crippen molar-refractivity contribution in [1.29, 1.82) is 0 Å². The Morgan fingerprint density at radius 3 is 1.29 bits per heavy atom. The molecule has 104 valence electrons. The van der Waals surface area contributed by atoms with E-state index in [0.717, 1.165) is 24.7 Å². The van der Waals surface area contributed by atoms with Gasteiger partial charge in [0.1, 0.15) is 0 Å². The summed E-state index contributed by atoms with van der Waals surface area (Å²) in [6.45, 7) is 15.6. The molecular weight excluding hydrogens is 208 g/mol. The minimum absolute atomic E-state index is 0.484. The zero-order chi connectivity index (χ0) is 13.6. The first-order chi connectivity index (χ1) is 7.62. The van der Waals surface area contributed by atoms with Crippen molar-refractivity contribution in [1.82, 2.24) is 0 Å². The molecule has 2 atom stereocenters. The maximum atomic E-state index is 10.5. The molecule has 1 heteroatoms. The first kappa shape index (κ1) is 17.0. The van der Waals surface area contributed by atoms with E-state index in [1.165, 1.54) is 12.8 Å². The van der Waals surface area contributed by atoms with Crippen molar-refractivity contribution in [3.8, 4) is 0 Å². The molecule has 0 rings (SSSR count). The molecule has 0 aliphatic heterocycles. The second kappa shape index (κ2) is 7.41. The van der Waals surface area contributed by atoms with Crippen LogP contribution >= 0.6 is 0 Å². The summed E-state index contributed by atoms with van der Waals surface area (Å²) in [7, 11) is 0. The van der Waals surface area contributed by atoms with E-state index < -0.39 is 5.60 Å². The summed E-state index contributed by atoms with van der Waals surface area (Å²) in [5, 5.41) is 10.5. The number of rotatable bonds is 8. The van der Waals surface area contributed by atoms with Gasteiger partial charge in [0.25, 0.3) is 0 Å². The lowest BCUT2D eigenvalue weighted by Crippen LogP contribution is -2.30. The Morgan fingerprint density at radius 1 is 0.765 bits per heavy atom. The van der Waals surface area contributed by atoms with Crippen LogP contribution < -0.4 is 0 Å². The molecule has 0 saturated carbocycles. The van der Waals surface area contributed by atoms with Gasteiger partial charge in [0.15, 0.2) is 0 Å². The SMILES string of the molecule is CC(C)CC(C)CC(C)(O)CC(C)CC(C)C. The van der Waals surface area contributed by atoms with Gasteiger partial charge < -0.3 is 5.11 Å². The van der Waals surface area contributed by atoms with E-state index in [1.54, 1.807) is 0 Å². The standard InChI is InChI=1S/C16H34O/c1-12(2)8-14(5)10-16(7,17)11-15(6)9-13(3)4/h12-15,17H,8-11H2,1-7H3.